The molecule has 0 saturated heterocycles. The van der Waals surface area contributed by atoms with E-state index in [1.807, 2.05) is 67.8 Å². The number of carboxylic acids is 1. The SMILES string of the molecule is CNc1cccc(CCOc2ccc3c(ccn3C(Cc3cccnc3)C(=O)O)c2)n1. The van der Waals surface area contributed by atoms with E-state index in [0.717, 1.165) is 33.7 Å². The lowest BCUT2D eigenvalue weighted by atomic mass is 10.1. The van der Waals surface area contributed by atoms with Crippen LogP contribution >= 0.6 is 0 Å². The summed E-state index contributed by atoms with van der Waals surface area (Å²) in [5.74, 6) is 0.701. The van der Waals surface area contributed by atoms with E-state index in [1.165, 1.54) is 0 Å². The molecule has 0 saturated carbocycles. The van der Waals surface area contributed by atoms with Crippen molar-refractivity contribution in [1.82, 2.24) is 14.5 Å². The van der Waals surface area contributed by atoms with E-state index in [0.29, 0.717) is 19.4 Å². The van der Waals surface area contributed by atoms with E-state index in [-0.39, 0.29) is 0 Å². The van der Waals surface area contributed by atoms with Gasteiger partial charge in [-0.2, -0.15) is 0 Å². The van der Waals surface area contributed by atoms with Crippen LogP contribution in [0.2, 0.25) is 0 Å². The van der Waals surface area contributed by atoms with Crippen molar-refractivity contribution in [3.63, 3.8) is 0 Å². The lowest BCUT2D eigenvalue weighted by Crippen LogP contribution is -2.20. The van der Waals surface area contributed by atoms with Crippen LogP contribution in [0.25, 0.3) is 10.9 Å². The van der Waals surface area contributed by atoms with Gasteiger partial charge in [-0.15, -0.1) is 0 Å². The van der Waals surface area contributed by atoms with Crippen molar-refractivity contribution >= 4 is 22.7 Å². The van der Waals surface area contributed by atoms with Crippen molar-refractivity contribution in [2.75, 3.05) is 19.0 Å². The number of ether oxygens (including phenoxy) is 1. The highest BCUT2D eigenvalue weighted by molar-refractivity contribution is 5.84. The standard InChI is InChI=1S/C24H24N4O3/c1-25-23-6-2-5-19(27-23)10-13-31-20-7-8-21-18(15-20)9-12-28(21)22(24(29)30)14-17-4-3-11-26-16-17/h2-9,11-12,15-16,22H,10,13-14H2,1H3,(H,25,27)(H,29,30). The Bertz CT molecular complexity index is 1170. The minimum Gasteiger partial charge on any atom is -0.493 e. The Kier molecular flexibility index (Phi) is 6.12. The fourth-order valence-corrected chi connectivity index (χ4v) is 3.58. The predicted octanol–water partition coefficient (Wildman–Crippen LogP) is 3.96. The number of anilines is 1. The molecule has 0 amide bonds. The molecule has 0 aliphatic rings. The van der Waals surface area contributed by atoms with Gasteiger partial charge in [0.05, 0.1) is 6.61 Å². The molecule has 31 heavy (non-hydrogen) atoms. The minimum absolute atomic E-state index is 0.365. The van der Waals surface area contributed by atoms with Crippen molar-refractivity contribution in [2.24, 2.45) is 0 Å². The van der Waals surface area contributed by atoms with Gasteiger partial charge in [0, 0.05) is 55.1 Å². The van der Waals surface area contributed by atoms with Crippen LogP contribution in [0, 0.1) is 0 Å². The Labute approximate surface area is 180 Å². The predicted molar refractivity (Wildman–Crippen MR) is 120 cm³/mol. The van der Waals surface area contributed by atoms with Crippen LogP contribution in [-0.4, -0.2) is 39.3 Å². The maximum atomic E-state index is 12.0. The third kappa shape index (κ3) is 4.83. The molecule has 1 unspecified atom stereocenters. The molecule has 0 bridgehead atoms. The topological polar surface area (TPSA) is 89.3 Å². The molecule has 7 nitrogen and oxygen atoms in total. The number of nitrogens with one attached hydrogen (secondary N) is 1. The van der Waals surface area contributed by atoms with E-state index in [4.69, 9.17) is 4.74 Å². The summed E-state index contributed by atoms with van der Waals surface area (Å²) < 4.78 is 7.70. The minimum atomic E-state index is -0.877. The summed E-state index contributed by atoms with van der Waals surface area (Å²) in [5, 5.41) is 13.8. The van der Waals surface area contributed by atoms with Crippen molar-refractivity contribution in [1.29, 1.82) is 0 Å². The van der Waals surface area contributed by atoms with Crippen LogP contribution in [-0.2, 0) is 17.6 Å². The van der Waals surface area contributed by atoms with Crippen LogP contribution in [0.15, 0.2) is 73.2 Å². The summed E-state index contributed by atoms with van der Waals surface area (Å²) in [6.07, 6.45) is 6.26. The summed E-state index contributed by atoms with van der Waals surface area (Å²) in [5.41, 5.74) is 2.69. The van der Waals surface area contributed by atoms with Gasteiger partial charge in [-0.1, -0.05) is 12.1 Å². The smallest absolute Gasteiger partial charge is 0.327 e. The normalized spacial score (nSPS) is 11.9. The average molecular weight is 416 g/mol. The quantitative estimate of drug-likeness (QED) is 0.429. The van der Waals surface area contributed by atoms with Gasteiger partial charge in [-0.05, 0) is 48.0 Å². The number of fused-ring (bicyclic) bond motifs is 1. The molecule has 1 aromatic carbocycles. The molecule has 0 aliphatic carbocycles. The summed E-state index contributed by atoms with van der Waals surface area (Å²) >= 11 is 0. The summed E-state index contributed by atoms with van der Waals surface area (Å²) in [7, 11) is 1.84. The Balaban J connectivity index is 1.47. The fraction of sp³-hybridized carbons (Fsp3) is 0.208. The third-order valence-corrected chi connectivity index (χ3v) is 5.15. The number of carbonyl (C=O) groups is 1. The van der Waals surface area contributed by atoms with Gasteiger partial charge in [0.2, 0.25) is 0 Å². The molecule has 4 aromatic rings. The van der Waals surface area contributed by atoms with Gasteiger partial charge in [0.25, 0.3) is 0 Å². The molecular formula is C24H24N4O3. The van der Waals surface area contributed by atoms with Crippen LogP contribution in [0.3, 0.4) is 0 Å². The molecule has 158 valence electrons. The Hall–Kier alpha value is -3.87. The Morgan fingerprint density at radius 2 is 2.10 bits per heavy atom. The first-order valence-electron chi connectivity index (χ1n) is 10.1. The van der Waals surface area contributed by atoms with Gasteiger partial charge < -0.3 is 19.7 Å². The number of rotatable bonds is 9. The highest BCUT2D eigenvalue weighted by atomic mass is 16.5. The molecule has 3 heterocycles. The number of hydrogen-bond acceptors (Lipinski definition) is 5. The Morgan fingerprint density at radius 1 is 1.19 bits per heavy atom. The summed E-state index contributed by atoms with van der Waals surface area (Å²) in [6, 6.07) is 16.5. The van der Waals surface area contributed by atoms with Crippen LogP contribution in [0.5, 0.6) is 5.75 Å². The van der Waals surface area contributed by atoms with Gasteiger partial charge in [0.15, 0.2) is 0 Å². The van der Waals surface area contributed by atoms with Crippen molar-refractivity contribution in [3.05, 3.63) is 84.4 Å². The van der Waals surface area contributed by atoms with E-state index in [9.17, 15) is 9.90 Å². The van der Waals surface area contributed by atoms with Gasteiger partial charge in [-0.3, -0.25) is 4.98 Å². The summed E-state index contributed by atoms with van der Waals surface area (Å²) in [6.45, 7) is 0.505. The second-order valence-electron chi connectivity index (χ2n) is 7.23. The lowest BCUT2D eigenvalue weighted by molar-refractivity contribution is -0.140. The molecule has 1 atom stereocenters. The molecule has 0 radical (unpaired) electrons. The molecule has 4 rings (SSSR count). The largest absolute Gasteiger partial charge is 0.493 e. The maximum absolute atomic E-state index is 12.0. The van der Waals surface area contributed by atoms with Crippen LogP contribution < -0.4 is 10.1 Å². The third-order valence-electron chi connectivity index (χ3n) is 5.15. The average Bonchev–Trinajstić information content (AvgIpc) is 3.21. The number of benzene rings is 1. The number of carboxylic acid groups (broad SMARTS) is 1. The zero-order valence-corrected chi connectivity index (χ0v) is 17.2. The van der Waals surface area contributed by atoms with Crippen LogP contribution in [0.4, 0.5) is 5.82 Å². The van der Waals surface area contributed by atoms with Gasteiger partial charge >= 0.3 is 5.97 Å². The maximum Gasteiger partial charge on any atom is 0.327 e. The monoisotopic (exact) mass is 416 g/mol. The molecule has 0 fully saturated rings. The summed E-state index contributed by atoms with van der Waals surface area (Å²) in [4.78, 5) is 20.5. The van der Waals surface area contributed by atoms with E-state index < -0.39 is 12.0 Å². The fourth-order valence-electron chi connectivity index (χ4n) is 3.58. The Morgan fingerprint density at radius 3 is 2.87 bits per heavy atom. The van der Waals surface area contributed by atoms with E-state index in [2.05, 4.69) is 15.3 Å². The van der Waals surface area contributed by atoms with Crippen LogP contribution in [0.1, 0.15) is 17.3 Å². The van der Waals surface area contributed by atoms with E-state index >= 15 is 0 Å². The highest BCUT2D eigenvalue weighted by Crippen LogP contribution is 2.26. The van der Waals surface area contributed by atoms with Crippen molar-refractivity contribution < 1.29 is 14.6 Å². The molecule has 0 spiro atoms. The molecule has 2 N–H and O–H groups in total. The second kappa shape index (κ2) is 9.30. The number of pyridine rings is 2. The molecule has 0 aliphatic heterocycles. The number of hydrogen-bond donors (Lipinski definition) is 2. The second-order valence-corrected chi connectivity index (χ2v) is 7.23. The van der Waals surface area contributed by atoms with E-state index in [1.54, 1.807) is 17.0 Å². The van der Waals surface area contributed by atoms with Crippen molar-refractivity contribution in [3.8, 4) is 5.75 Å². The number of nitrogens with zero attached hydrogens (tertiary/aromatic N) is 3. The first-order valence-corrected chi connectivity index (χ1v) is 10.1. The zero-order valence-electron chi connectivity index (χ0n) is 17.2. The first-order chi connectivity index (χ1) is 15.1. The first kappa shape index (κ1) is 20.4. The highest BCUT2D eigenvalue weighted by Gasteiger charge is 2.21. The lowest BCUT2D eigenvalue weighted by Gasteiger charge is -2.16. The number of aliphatic carboxylic acids is 1. The van der Waals surface area contributed by atoms with Crippen molar-refractivity contribution in [2.45, 2.75) is 18.9 Å². The number of aromatic nitrogens is 3. The zero-order chi connectivity index (χ0) is 21.6. The van der Waals surface area contributed by atoms with Gasteiger partial charge in [0.1, 0.15) is 17.6 Å². The molecule has 3 aromatic heterocycles. The molecular weight excluding hydrogens is 392 g/mol. The van der Waals surface area contributed by atoms with Gasteiger partial charge in [-0.25, -0.2) is 9.78 Å². The molecule has 7 heteroatoms.